The molecule has 0 atom stereocenters. The second-order valence-electron chi connectivity index (χ2n) is 3.88. The molecule has 0 heterocycles. The normalized spacial score (nSPS) is 17.8. The minimum absolute atomic E-state index is 0.375. The lowest BCUT2D eigenvalue weighted by Gasteiger charge is -2.11. The molecule has 1 aromatic carbocycles. The number of hydrogen-bond donors (Lipinski definition) is 3. The summed E-state index contributed by atoms with van der Waals surface area (Å²) in [7, 11) is 0. The predicted molar refractivity (Wildman–Crippen MR) is 52.2 cm³/mol. The Balaban J connectivity index is 2.28. The van der Waals surface area contributed by atoms with Crippen molar-refractivity contribution in [3.8, 4) is 0 Å². The third-order valence-corrected chi connectivity index (χ3v) is 2.92. The van der Waals surface area contributed by atoms with E-state index in [4.69, 9.17) is 15.3 Å². The van der Waals surface area contributed by atoms with Crippen molar-refractivity contribution >= 4 is 5.97 Å². The van der Waals surface area contributed by atoms with Gasteiger partial charge in [0, 0.05) is 5.56 Å². The Hall–Kier alpha value is -1.39. The van der Waals surface area contributed by atoms with E-state index in [1.165, 1.54) is 0 Å². The number of hydrogen-bond acceptors (Lipinski definition) is 3. The van der Waals surface area contributed by atoms with Crippen LogP contribution in [-0.4, -0.2) is 21.3 Å². The fraction of sp³-hybridized carbons (Fsp3) is 0.364. The standard InChI is InChI=1S/C11H12O4/c12-9(13)7-1-3-8(4-2-7)11(5-6-11)10(14)15/h1-4,9,12-13H,5-6H2,(H,14,15). The van der Waals surface area contributed by atoms with E-state index in [-0.39, 0.29) is 0 Å². The molecule has 0 amide bonds. The van der Waals surface area contributed by atoms with Crippen LogP contribution in [0, 0.1) is 0 Å². The van der Waals surface area contributed by atoms with Gasteiger partial charge in [0.15, 0.2) is 6.29 Å². The van der Waals surface area contributed by atoms with Crippen LogP contribution in [0.2, 0.25) is 0 Å². The van der Waals surface area contributed by atoms with Crippen LogP contribution in [0.15, 0.2) is 24.3 Å². The highest BCUT2D eigenvalue weighted by Gasteiger charge is 2.51. The molecule has 1 aliphatic carbocycles. The van der Waals surface area contributed by atoms with Crippen LogP contribution in [0.4, 0.5) is 0 Å². The SMILES string of the molecule is O=C(O)C1(c2ccc(C(O)O)cc2)CC1. The summed E-state index contributed by atoms with van der Waals surface area (Å²) in [5.74, 6) is -0.806. The second-order valence-corrected chi connectivity index (χ2v) is 3.88. The molecule has 2 rings (SSSR count). The summed E-state index contributed by atoms with van der Waals surface area (Å²) in [6, 6.07) is 6.39. The van der Waals surface area contributed by atoms with Gasteiger partial charge in [-0.25, -0.2) is 0 Å². The van der Waals surface area contributed by atoms with E-state index in [1.54, 1.807) is 24.3 Å². The smallest absolute Gasteiger partial charge is 0.314 e. The quantitative estimate of drug-likeness (QED) is 0.641. The Morgan fingerprint density at radius 3 is 2.07 bits per heavy atom. The number of aliphatic hydroxyl groups excluding tert-OH is 1. The summed E-state index contributed by atoms with van der Waals surface area (Å²) in [6.45, 7) is 0. The number of aliphatic hydroxyl groups is 2. The van der Waals surface area contributed by atoms with Gasteiger partial charge in [-0.05, 0) is 18.4 Å². The third-order valence-electron chi connectivity index (χ3n) is 2.92. The molecule has 3 N–H and O–H groups in total. The number of benzene rings is 1. The van der Waals surface area contributed by atoms with E-state index in [2.05, 4.69) is 0 Å². The molecule has 1 fully saturated rings. The van der Waals surface area contributed by atoms with Gasteiger partial charge >= 0.3 is 5.97 Å². The van der Waals surface area contributed by atoms with Crippen molar-refractivity contribution < 1.29 is 20.1 Å². The van der Waals surface area contributed by atoms with Crippen molar-refractivity contribution in [3.05, 3.63) is 35.4 Å². The molecule has 0 saturated heterocycles. The number of rotatable bonds is 3. The zero-order valence-corrected chi connectivity index (χ0v) is 8.05. The van der Waals surface area contributed by atoms with Crippen LogP contribution in [-0.2, 0) is 10.2 Å². The Kier molecular flexibility index (Phi) is 2.25. The number of carbonyl (C=O) groups is 1. The monoisotopic (exact) mass is 208 g/mol. The van der Waals surface area contributed by atoms with Crippen molar-refractivity contribution in [3.63, 3.8) is 0 Å². The average molecular weight is 208 g/mol. The molecule has 0 unspecified atom stereocenters. The van der Waals surface area contributed by atoms with Crippen molar-refractivity contribution in [1.82, 2.24) is 0 Å². The fourth-order valence-electron chi connectivity index (χ4n) is 1.73. The molecule has 0 aromatic heterocycles. The van der Waals surface area contributed by atoms with Crippen LogP contribution in [0.5, 0.6) is 0 Å². The van der Waals surface area contributed by atoms with Crippen LogP contribution < -0.4 is 0 Å². The third kappa shape index (κ3) is 1.62. The molecule has 0 bridgehead atoms. The lowest BCUT2D eigenvalue weighted by Crippen LogP contribution is -2.19. The van der Waals surface area contributed by atoms with E-state index in [0.717, 1.165) is 5.56 Å². The van der Waals surface area contributed by atoms with E-state index in [1.807, 2.05) is 0 Å². The molecule has 1 aromatic rings. The molecule has 4 heteroatoms. The molecule has 1 saturated carbocycles. The maximum Gasteiger partial charge on any atom is 0.314 e. The summed E-state index contributed by atoms with van der Waals surface area (Å²) in [5.41, 5.74) is 0.387. The van der Waals surface area contributed by atoms with Gasteiger partial charge in [0.05, 0.1) is 5.41 Å². The largest absolute Gasteiger partial charge is 0.481 e. The van der Waals surface area contributed by atoms with Crippen molar-refractivity contribution in [1.29, 1.82) is 0 Å². The van der Waals surface area contributed by atoms with Crippen LogP contribution in [0.25, 0.3) is 0 Å². The van der Waals surface area contributed by atoms with Crippen LogP contribution in [0.3, 0.4) is 0 Å². The molecule has 80 valence electrons. The Bertz CT molecular complexity index is 376. The Morgan fingerprint density at radius 1 is 1.20 bits per heavy atom. The molecule has 0 spiro atoms. The van der Waals surface area contributed by atoms with Crippen molar-refractivity contribution in [2.75, 3.05) is 0 Å². The first kappa shape index (κ1) is 10.1. The highest BCUT2D eigenvalue weighted by atomic mass is 16.5. The molecular formula is C11H12O4. The maximum atomic E-state index is 11.0. The van der Waals surface area contributed by atoms with Gasteiger partial charge in [-0.2, -0.15) is 0 Å². The first-order valence-corrected chi connectivity index (χ1v) is 4.76. The second kappa shape index (κ2) is 3.32. The maximum absolute atomic E-state index is 11.0. The topological polar surface area (TPSA) is 77.8 Å². The number of carboxylic acids is 1. The molecule has 4 nitrogen and oxygen atoms in total. The van der Waals surface area contributed by atoms with Gasteiger partial charge in [-0.15, -0.1) is 0 Å². The predicted octanol–water partition coefficient (Wildman–Crippen LogP) is 0.786. The average Bonchev–Trinajstić information content (AvgIpc) is 2.98. The van der Waals surface area contributed by atoms with E-state index in [9.17, 15) is 4.79 Å². The Morgan fingerprint density at radius 2 is 1.73 bits per heavy atom. The van der Waals surface area contributed by atoms with Gasteiger partial charge < -0.3 is 15.3 Å². The van der Waals surface area contributed by atoms with Gasteiger partial charge in [0.1, 0.15) is 0 Å². The molecule has 15 heavy (non-hydrogen) atoms. The lowest BCUT2D eigenvalue weighted by atomic mass is 9.95. The molecule has 0 radical (unpaired) electrons. The fourth-order valence-corrected chi connectivity index (χ4v) is 1.73. The lowest BCUT2D eigenvalue weighted by molar-refractivity contribution is -0.140. The van der Waals surface area contributed by atoms with E-state index >= 15 is 0 Å². The van der Waals surface area contributed by atoms with Gasteiger partial charge in [0.2, 0.25) is 0 Å². The molecule has 0 aliphatic heterocycles. The highest BCUT2D eigenvalue weighted by Crippen LogP contribution is 2.48. The first-order chi connectivity index (χ1) is 7.06. The van der Waals surface area contributed by atoms with E-state index < -0.39 is 17.7 Å². The van der Waals surface area contributed by atoms with Crippen molar-refractivity contribution in [2.45, 2.75) is 24.5 Å². The van der Waals surface area contributed by atoms with E-state index in [0.29, 0.717) is 18.4 Å². The molecular weight excluding hydrogens is 196 g/mol. The van der Waals surface area contributed by atoms with Gasteiger partial charge in [-0.1, -0.05) is 24.3 Å². The van der Waals surface area contributed by atoms with Gasteiger partial charge in [0.25, 0.3) is 0 Å². The summed E-state index contributed by atoms with van der Waals surface area (Å²) >= 11 is 0. The minimum atomic E-state index is -1.50. The van der Waals surface area contributed by atoms with Gasteiger partial charge in [-0.3, -0.25) is 4.79 Å². The molecule has 1 aliphatic rings. The van der Waals surface area contributed by atoms with Crippen LogP contribution in [0.1, 0.15) is 30.3 Å². The summed E-state index contributed by atoms with van der Waals surface area (Å²) in [6.07, 6.45) is -0.189. The van der Waals surface area contributed by atoms with Crippen LogP contribution >= 0.6 is 0 Å². The zero-order valence-electron chi connectivity index (χ0n) is 8.05. The first-order valence-electron chi connectivity index (χ1n) is 4.76. The number of carboxylic acid groups (broad SMARTS) is 1. The zero-order chi connectivity index (χ0) is 11.1. The van der Waals surface area contributed by atoms with Crippen molar-refractivity contribution in [2.24, 2.45) is 0 Å². The summed E-state index contributed by atoms with van der Waals surface area (Å²) in [4.78, 5) is 11.0. The summed E-state index contributed by atoms with van der Waals surface area (Å²) < 4.78 is 0. The highest BCUT2D eigenvalue weighted by molar-refractivity contribution is 5.84. The Labute approximate surface area is 86.8 Å². The summed E-state index contributed by atoms with van der Waals surface area (Å²) in [5, 5.41) is 26.8. The number of aliphatic carboxylic acids is 1. The minimum Gasteiger partial charge on any atom is -0.481 e.